The molecule has 1 aromatic carbocycles. The molecule has 4 rings (SSSR count). The van der Waals surface area contributed by atoms with E-state index in [4.69, 9.17) is 9.94 Å². The van der Waals surface area contributed by atoms with Crippen LogP contribution in [0.15, 0.2) is 42.7 Å². The van der Waals surface area contributed by atoms with Gasteiger partial charge in [0.2, 0.25) is 5.95 Å². The van der Waals surface area contributed by atoms with E-state index in [2.05, 4.69) is 32.6 Å². The summed E-state index contributed by atoms with van der Waals surface area (Å²) in [4.78, 5) is 16.5. The van der Waals surface area contributed by atoms with Crippen LogP contribution in [0.25, 0.3) is 16.9 Å². The van der Waals surface area contributed by atoms with Crippen LogP contribution in [0.5, 0.6) is 0 Å². The van der Waals surface area contributed by atoms with E-state index in [1.165, 1.54) is 0 Å². The molecule has 27 heavy (non-hydrogen) atoms. The maximum absolute atomic E-state index is 5.26. The number of nitrogens with one attached hydrogen (secondary N) is 2. The number of nitrogens with zero attached hydrogens (tertiary/aromatic N) is 5. The van der Waals surface area contributed by atoms with Gasteiger partial charge < -0.3 is 10.2 Å². The second-order valence-electron chi connectivity index (χ2n) is 6.32. The first-order valence-corrected chi connectivity index (χ1v) is 9.02. The molecule has 0 atom stereocenters. The van der Waals surface area contributed by atoms with Gasteiger partial charge in [-0.25, -0.2) is 20.1 Å². The lowest BCUT2D eigenvalue weighted by atomic mass is 10.1. The Hall–Kier alpha value is -2.97. The molecular weight excluding hydrogens is 342 g/mol. The molecule has 0 bridgehead atoms. The Kier molecular flexibility index (Phi) is 4.99. The molecule has 1 fully saturated rings. The van der Waals surface area contributed by atoms with E-state index in [1.54, 1.807) is 0 Å². The molecule has 3 aromatic rings. The first-order valence-electron chi connectivity index (χ1n) is 9.02. The Labute approximate surface area is 158 Å². The summed E-state index contributed by atoms with van der Waals surface area (Å²) in [6.45, 7) is 4.98. The predicted molar refractivity (Wildman–Crippen MR) is 105 cm³/mol. The average molecular weight is 365 g/mol. The smallest absolute Gasteiger partial charge is 0.225 e. The van der Waals surface area contributed by atoms with Gasteiger partial charge in [0.1, 0.15) is 11.5 Å². The fourth-order valence-corrected chi connectivity index (χ4v) is 3.22. The molecule has 0 saturated carbocycles. The van der Waals surface area contributed by atoms with Gasteiger partial charge in [-0.2, -0.15) is 5.10 Å². The number of aromatic nitrogens is 4. The molecular formula is C19H23N7O. The highest BCUT2D eigenvalue weighted by Gasteiger charge is 2.18. The number of para-hydroxylation sites is 1. The van der Waals surface area contributed by atoms with Crippen molar-refractivity contribution in [2.75, 3.05) is 43.5 Å². The van der Waals surface area contributed by atoms with Crippen LogP contribution in [-0.2, 0) is 4.84 Å². The van der Waals surface area contributed by atoms with E-state index >= 15 is 0 Å². The third-order valence-electron chi connectivity index (χ3n) is 4.60. The average Bonchev–Trinajstić information content (AvgIpc) is 2.88. The van der Waals surface area contributed by atoms with E-state index in [1.807, 2.05) is 54.5 Å². The Bertz CT molecular complexity index is 884. The van der Waals surface area contributed by atoms with Gasteiger partial charge in [0.25, 0.3) is 0 Å². The zero-order valence-corrected chi connectivity index (χ0v) is 15.5. The summed E-state index contributed by atoms with van der Waals surface area (Å²) in [5.74, 6) is 1.66. The second kappa shape index (κ2) is 7.73. The summed E-state index contributed by atoms with van der Waals surface area (Å²) < 4.78 is 1.91. The number of anilines is 2. The zero-order chi connectivity index (χ0) is 18.6. The van der Waals surface area contributed by atoms with E-state index in [9.17, 15) is 0 Å². The van der Waals surface area contributed by atoms with Crippen LogP contribution in [0, 0.1) is 6.92 Å². The highest BCUT2D eigenvalue weighted by molar-refractivity contribution is 5.69. The lowest BCUT2D eigenvalue weighted by Gasteiger charge is -2.18. The minimum absolute atomic E-state index is 0.608. The van der Waals surface area contributed by atoms with E-state index in [0.29, 0.717) is 12.6 Å². The van der Waals surface area contributed by atoms with Crippen molar-refractivity contribution >= 4 is 11.8 Å². The molecule has 1 saturated heterocycles. The molecule has 140 valence electrons. The summed E-state index contributed by atoms with van der Waals surface area (Å²) in [7, 11) is 1.91. The molecule has 0 aliphatic carbocycles. The summed E-state index contributed by atoms with van der Waals surface area (Å²) in [6, 6.07) is 10.1. The minimum Gasteiger partial charge on any atom is -0.373 e. The lowest BCUT2D eigenvalue weighted by molar-refractivity contribution is 0.0589. The fraction of sp³-hybridized carbons (Fsp3) is 0.316. The molecule has 1 aliphatic heterocycles. The first kappa shape index (κ1) is 17.4. The number of hydroxylamine groups is 1. The fourth-order valence-electron chi connectivity index (χ4n) is 3.22. The van der Waals surface area contributed by atoms with Crippen molar-refractivity contribution in [3.8, 4) is 16.9 Å². The van der Waals surface area contributed by atoms with E-state index in [0.717, 1.165) is 48.0 Å². The Morgan fingerprint density at radius 3 is 2.63 bits per heavy atom. The van der Waals surface area contributed by atoms with Gasteiger partial charge in [-0.15, -0.1) is 0 Å². The first-order chi connectivity index (χ1) is 13.3. The van der Waals surface area contributed by atoms with Crippen molar-refractivity contribution < 1.29 is 4.84 Å². The minimum atomic E-state index is 0.608. The van der Waals surface area contributed by atoms with Crippen LogP contribution in [0.1, 0.15) is 5.56 Å². The van der Waals surface area contributed by atoms with Crippen LogP contribution in [0.3, 0.4) is 0 Å². The highest BCUT2D eigenvalue weighted by Crippen LogP contribution is 2.29. The SMILES string of the molecule is CNc1c(C)c(-c2cnc(N3CCNOCC3)nc2)nn1-c1ccccc1. The predicted octanol–water partition coefficient (Wildman–Crippen LogP) is 2.02. The summed E-state index contributed by atoms with van der Waals surface area (Å²) in [5, 5.41) is 8.06. The van der Waals surface area contributed by atoms with Gasteiger partial charge in [-0.3, -0.25) is 4.84 Å². The molecule has 0 unspecified atom stereocenters. The summed E-state index contributed by atoms with van der Waals surface area (Å²) >= 11 is 0. The Balaban J connectivity index is 1.66. The molecule has 1 aliphatic rings. The van der Waals surface area contributed by atoms with Gasteiger partial charge in [0, 0.05) is 50.2 Å². The van der Waals surface area contributed by atoms with Gasteiger partial charge in [-0.05, 0) is 19.1 Å². The van der Waals surface area contributed by atoms with Gasteiger partial charge in [-0.1, -0.05) is 18.2 Å². The topological polar surface area (TPSA) is 80.1 Å². The van der Waals surface area contributed by atoms with Crippen LogP contribution in [0.2, 0.25) is 0 Å². The van der Waals surface area contributed by atoms with Crippen molar-refractivity contribution in [3.63, 3.8) is 0 Å². The quantitative estimate of drug-likeness (QED) is 0.732. The number of hydrogen-bond donors (Lipinski definition) is 2. The van der Waals surface area contributed by atoms with Crippen molar-refractivity contribution in [2.45, 2.75) is 6.92 Å². The maximum Gasteiger partial charge on any atom is 0.225 e. The van der Waals surface area contributed by atoms with Crippen molar-refractivity contribution in [1.82, 2.24) is 25.2 Å². The zero-order valence-electron chi connectivity index (χ0n) is 15.5. The normalized spacial score (nSPS) is 14.8. The monoisotopic (exact) mass is 365 g/mol. The van der Waals surface area contributed by atoms with Crippen molar-refractivity contribution in [3.05, 3.63) is 48.3 Å². The molecule has 0 spiro atoms. The molecule has 3 heterocycles. The lowest BCUT2D eigenvalue weighted by Crippen LogP contribution is -2.29. The second-order valence-corrected chi connectivity index (χ2v) is 6.32. The molecule has 2 aromatic heterocycles. The van der Waals surface area contributed by atoms with Crippen molar-refractivity contribution in [1.29, 1.82) is 0 Å². The van der Waals surface area contributed by atoms with Gasteiger partial charge in [0.15, 0.2) is 0 Å². The van der Waals surface area contributed by atoms with Crippen LogP contribution in [-0.4, -0.2) is 53.0 Å². The standard InChI is InChI=1S/C19H23N7O/c1-14-17(24-26(18(14)20-2)16-6-4-3-5-7-16)15-12-21-19(22-13-15)25-9-8-23-27-11-10-25/h3-7,12-13,20,23H,8-11H2,1-2H3. The Morgan fingerprint density at radius 2 is 1.89 bits per heavy atom. The highest BCUT2D eigenvalue weighted by atomic mass is 16.6. The third-order valence-corrected chi connectivity index (χ3v) is 4.60. The summed E-state index contributed by atoms with van der Waals surface area (Å²) in [6.07, 6.45) is 3.68. The summed E-state index contributed by atoms with van der Waals surface area (Å²) in [5.41, 5.74) is 6.74. The third kappa shape index (κ3) is 3.49. The molecule has 0 amide bonds. The number of benzene rings is 1. The number of hydrogen-bond acceptors (Lipinski definition) is 7. The molecule has 2 N–H and O–H groups in total. The van der Waals surface area contributed by atoms with E-state index < -0.39 is 0 Å². The number of rotatable bonds is 4. The Morgan fingerprint density at radius 1 is 1.11 bits per heavy atom. The van der Waals surface area contributed by atoms with Crippen molar-refractivity contribution in [2.24, 2.45) is 0 Å². The van der Waals surface area contributed by atoms with E-state index in [-0.39, 0.29) is 0 Å². The molecule has 8 heteroatoms. The van der Waals surface area contributed by atoms with Gasteiger partial charge in [0.05, 0.1) is 12.3 Å². The van der Waals surface area contributed by atoms with Crippen LogP contribution in [0.4, 0.5) is 11.8 Å². The van der Waals surface area contributed by atoms with Gasteiger partial charge >= 0.3 is 0 Å². The maximum atomic E-state index is 5.26. The largest absolute Gasteiger partial charge is 0.373 e. The van der Waals surface area contributed by atoms with Crippen LogP contribution < -0.4 is 15.7 Å². The molecule has 0 radical (unpaired) electrons. The van der Waals surface area contributed by atoms with Crippen LogP contribution >= 0.6 is 0 Å². The molecule has 8 nitrogen and oxygen atoms in total.